The van der Waals surface area contributed by atoms with Crippen molar-refractivity contribution in [1.82, 2.24) is 4.98 Å². The van der Waals surface area contributed by atoms with E-state index in [1.807, 2.05) is 59.3 Å². The number of nitrogens with one attached hydrogen (secondary N) is 1. The number of halogens is 1. The van der Waals surface area contributed by atoms with E-state index in [4.69, 9.17) is 4.98 Å². The topological polar surface area (TPSA) is 42.0 Å². The number of hydrogen-bond acceptors (Lipinski definition) is 4. The molecule has 0 saturated heterocycles. The molecule has 0 spiro atoms. The zero-order chi connectivity index (χ0) is 20.5. The molecule has 0 aliphatic rings. The highest BCUT2D eigenvalue weighted by Crippen LogP contribution is 2.39. The second-order valence-electron chi connectivity index (χ2n) is 6.70. The smallest absolute Gasteiger partial charge is 0.256 e. The van der Waals surface area contributed by atoms with Crippen LogP contribution >= 0.6 is 22.7 Å². The van der Waals surface area contributed by atoms with Crippen molar-refractivity contribution in [3.05, 3.63) is 94.9 Å². The van der Waals surface area contributed by atoms with Gasteiger partial charge in [0, 0.05) is 22.1 Å². The lowest BCUT2D eigenvalue weighted by Gasteiger charge is -2.08. The Kier molecular flexibility index (Phi) is 4.86. The number of carbonyl (C=O) groups is 1. The maximum atomic E-state index is 13.4. The maximum Gasteiger partial charge on any atom is 0.256 e. The molecular formula is C24H15FN2OS2. The SMILES string of the molecule is O=C(Nc1sc(-c2ccsc2)nc1-c1ccc(F)cc1)c1cccc2ccccc12. The van der Waals surface area contributed by atoms with Crippen LogP contribution in [0.4, 0.5) is 9.39 Å². The van der Waals surface area contributed by atoms with Crippen LogP contribution < -0.4 is 5.32 Å². The van der Waals surface area contributed by atoms with Crippen molar-refractivity contribution in [2.45, 2.75) is 0 Å². The second-order valence-corrected chi connectivity index (χ2v) is 8.48. The average molecular weight is 431 g/mol. The first-order valence-electron chi connectivity index (χ1n) is 9.27. The third kappa shape index (κ3) is 3.51. The molecule has 5 aromatic rings. The van der Waals surface area contributed by atoms with Crippen LogP contribution in [0.3, 0.4) is 0 Å². The lowest BCUT2D eigenvalue weighted by atomic mass is 10.0. The number of thiazole rings is 1. The Hall–Kier alpha value is -3.35. The van der Waals surface area contributed by atoms with E-state index in [0.29, 0.717) is 16.3 Å². The van der Waals surface area contributed by atoms with Crippen LogP contribution in [-0.2, 0) is 0 Å². The Morgan fingerprint density at radius 2 is 1.70 bits per heavy atom. The first kappa shape index (κ1) is 18.7. The molecule has 0 atom stereocenters. The van der Waals surface area contributed by atoms with Crippen LogP contribution in [0.1, 0.15) is 10.4 Å². The molecular weight excluding hydrogens is 415 g/mol. The van der Waals surface area contributed by atoms with Crippen LogP contribution in [0.5, 0.6) is 0 Å². The van der Waals surface area contributed by atoms with Crippen molar-refractivity contribution >= 4 is 44.4 Å². The molecule has 30 heavy (non-hydrogen) atoms. The number of amides is 1. The number of nitrogens with zero attached hydrogens (tertiary/aromatic N) is 1. The van der Waals surface area contributed by atoms with Crippen molar-refractivity contribution in [3.63, 3.8) is 0 Å². The first-order valence-corrected chi connectivity index (χ1v) is 11.0. The average Bonchev–Trinajstić information content (AvgIpc) is 3.44. The van der Waals surface area contributed by atoms with Crippen LogP contribution in [0, 0.1) is 5.82 Å². The van der Waals surface area contributed by atoms with E-state index in [-0.39, 0.29) is 11.7 Å². The molecule has 0 fully saturated rings. The number of fused-ring (bicyclic) bond motifs is 1. The quantitative estimate of drug-likeness (QED) is 0.331. The Morgan fingerprint density at radius 3 is 2.50 bits per heavy atom. The van der Waals surface area contributed by atoms with Crippen LogP contribution in [0.25, 0.3) is 32.6 Å². The summed E-state index contributed by atoms with van der Waals surface area (Å²) in [6.07, 6.45) is 0. The molecule has 0 bridgehead atoms. The molecule has 3 nitrogen and oxygen atoms in total. The number of rotatable bonds is 4. The van der Waals surface area contributed by atoms with Gasteiger partial charge in [-0.2, -0.15) is 11.3 Å². The zero-order valence-electron chi connectivity index (χ0n) is 15.6. The molecule has 146 valence electrons. The van der Waals surface area contributed by atoms with Gasteiger partial charge in [0.25, 0.3) is 5.91 Å². The number of carbonyl (C=O) groups excluding carboxylic acids is 1. The Bertz CT molecular complexity index is 1340. The minimum Gasteiger partial charge on any atom is -0.312 e. The minimum atomic E-state index is -0.312. The highest BCUT2D eigenvalue weighted by Gasteiger charge is 2.18. The van der Waals surface area contributed by atoms with Gasteiger partial charge in [-0.3, -0.25) is 4.79 Å². The molecule has 1 amide bonds. The predicted molar refractivity (Wildman–Crippen MR) is 123 cm³/mol. The zero-order valence-corrected chi connectivity index (χ0v) is 17.3. The number of hydrogen-bond donors (Lipinski definition) is 1. The summed E-state index contributed by atoms with van der Waals surface area (Å²) >= 11 is 3.00. The van der Waals surface area contributed by atoms with Crippen LogP contribution in [0.15, 0.2) is 83.6 Å². The van der Waals surface area contributed by atoms with Crippen molar-refractivity contribution in [2.24, 2.45) is 0 Å². The lowest BCUT2D eigenvalue weighted by molar-refractivity contribution is 0.102. The number of anilines is 1. The fourth-order valence-electron chi connectivity index (χ4n) is 3.31. The first-order chi connectivity index (χ1) is 14.7. The van der Waals surface area contributed by atoms with Gasteiger partial charge in [-0.15, -0.1) is 0 Å². The molecule has 0 aliphatic heterocycles. The van der Waals surface area contributed by atoms with Gasteiger partial charge in [-0.1, -0.05) is 47.7 Å². The van der Waals surface area contributed by atoms with Gasteiger partial charge in [0.15, 0.2) is 0 Å². The molecule has 1 N–H and O–H groups in total. The molecule has 0 aliphatic carbocycles. The maximum absolute atomic E-state index is 13.4. The van der Waals surface area contributed by atoms with Crippen LogP contribution in [-0.4, -0.2) is 10.9 Å². The number of benzene rings is 3. The molecule has 5 rings (SSSR count). The monoisotopic (exact) mass is 430 g/mol. The molecule has 6 heteroatoms. The lowest BCUT2D eigenvalue weighted by Crippen LogP contribution is -2.12. The van der Waals surface area contributed by atoms with Gasteiger partial charge in [-0.05, 0) is 52.6 Å². The summed E-state index contributed by atoms with van der Waals surface area (Å²) in [6.45, 7) is 0. The Morgan fingerprint density at radius 1 is 0.900 bits per heavy atom. The van der Waals surface area contributed by atoms with Gasteiger partial charge < -0.3 is 5.32 Å². The summed E-state index contributed by atoms with van der Waals surface area (Å²) < 4.78 is 13.4. The summed E-state index contributed by atoms with van der Waals surface area (Å²) in [5.41, 5.74) is 2.99. The number of thiophene rings is 1. The third-order valence-electron chi connectivity index (χ3n) is 4.77. The van der Waals surface area contributed by atoms with Gasteiger partial charge in [0.1, 0.15) is 21.5 Å². The van der Waals surface area contributed by atoms with Gasteiger partial charge >= 0.3 is 0 Å². The van der Waals surface area contributed by atoms with Crippen molar-refractivity contribution in [3.8, 4) is 21.8 Å². The standard InChI is InChI=1S/C24H15FN2OS2/c25-18-10-8-16(9-11-18)21-24(30-23(26-21)17-12-13-29-14-17)27-22(28)20-7-3-5-15-4-1-2-6-19(15)20/h1-14H,(H,27,28). The Balaban J connectivity index is 1.57. The van der Waals surface area contributed by atoms with Crippen molar-refractivity contribution in [1.29, 1.82) is 0 Å². The van der Waals surface area contributed by atoms with E-state index in [1.165, 1.54) is 23.5 Å². The van der Waals surface area contributed by atoms with Gasteiger partial charge in [-0.25, -0.2) is 9.37 Å². The van der Waals surface area contributed by atoms with Crippen LogP contribution in [0.2, 0.25) is 0 Å². The Labute approximate surface area is 180 Å². The van der Waals surface area contributed by atoms with E-state index in [2.05, 4.69) is 5.32 Å². The van der Waals surface area contributed by atoms with Crippen molar-refractivity contribution < 1.29 is 9.18 Å². The summed E-state index contributed by atoms with van der Waals surface area (Å²) in [5.74, 6) is -0.510. The summed E-state index contributed by atoms with van der Waals surface area (Å²) in [7, 11) is 0. The highest BCUT2D eigenvalue weighted by molar-refractivity contribution is 7.20. The largest absolute Gasteiger partial charge is 0.312 e. The molecule has 2 aromatic heterocycles. The fraction of sp³-hybridized carbons (Fsp3) is 0. The van der Waals surface area contributed by atoms with E-state index in [0.717, 1.165) is 26.9 Å². The van der Waals surface area contributed by atoms with Gasteiger partial charge in [0.05, 0.1) is 0 Å². The summed E-state index contributed by atoms with van der Waals surface area (Å²) in [4.78, 5) is 17.9. The molecule has 2 heterocycles. The second kappa shape index (κ2) is 7.82. The van der Waals surface area contributed by atoms with E-state index < -0.39 is 0 Å². The molecule has 3 aromatic carbocycles. The number of aromatic nitrogens is 1. The van der Waals surface area contributed by atoms with E-state index in [9.17, 15) is 9.18 Å². The molecule has 0 saturated carbocycles. The normalized spacial score (nSPS) is 11.0. The van der Waals surface area contributed by atoms with E-state index in [1.54, 1.807) is 23.5 Å². The molecule has 0 unspecified atom stereocenters. The summed E-state index contributed by atoms with van der Waals surface area (Å²) in [6, 6.07) is 21.6. The minimum absolute atomic E-state index is 0.198. The highest BCUT2D eigenvalue weighted by atomic mass is 32.1. The van der Waals surface area contributed by atoms with E-state index >= 15 is 0 Å². The van der Waals surface area contributed by atoms with Crippen molar-refractivity contribution in [2.75, 3.05) is 5.32 Å². The third-order valence-corrected chi connectivity index (χ3v) is 6.48. The predicted octanol–water partition coefficient (Wildman–Crippen LogP) is 7.08. The fourth-order valence-corrected chi connectivity index (χ4v) is 5.01. The summed E-state index contributed by atoms with van der Waals surface area (Å²) in [5, 5.41) is 10.4. The van der Waals surface area contributed by atoms with Gasteiger partial charge in [0.2, 0.25) is 0 Å². The molecule has 0 radical (unpaired) electrons.